The summed E-state index contributed by atoms with van der Waals surface area (Å²) in [6.45, 7) is 3.16. The molecule has 1 N–H and O–H groups in total. The van der Waals surface area contributed by atoms with Crippen molar-refractivity contribution in [2.75, 3.05) is 19.4 Å². The molecular formula is C15H19BrN2S. The van der Waals surface area contributed by atoms with E-state index in [4.69, 9.17) is 0 Å². The molecule has 4 heteroatoms. The molecule has 102 valence electrons. The number of rotatable bonds is 5. The summed E-state index contributed by atoms with van der Waals surface area (Å²) in [6.07, 6.45) is 0. The van der Waals surface area contributed by atoms with Gasteiger partial charge in [0.15, 0.2) is 0 Å². The Kier molecular flexibility index (Phi) is 5.02. The zero-order valence-corrected chi connectivity index (χ0v) is 13.9. The van der Waals surface area contributed by atoms with Crippen molar-refractivity contribution in [3.8, 4) is 0 Å². The first-order valence-corrected chi connectivity index (χ1v) is 7.96. The van der Waals surface area contributed by atoms with Crippen LogP contribution >= 0.6 is 27.3 Å². The van der Waals surface area contributed by atoms with Crippen LogP contribution in [0.2, 0.25) is 0 Å². The maximum absolute atomic E-state index is 3.58. The van der Waals surface area contributed by atoms with Crippen LogP contribution in [0, 0.1) is 0 Å². The summed E-state index contributed by atoms with van der Waals surface area (Å²) in [7, 11) is 4.17. The van der Waals surface area contributed by atoms with Crippen molar-refractivity contribution in [3.63, 3.8) is 0 Å². The molecule has 2 rings (SSSR count). The Morgan fingerprint density at radius 1 is 1.21 bits per heavy atom. The third-order valence-electron chi connectivity index (χ3n) is 2.87. The van der Waals surface area contributed by atoms with E-state index in [2.05, 4.69) is 82.9 Å². The van der Waals surface area contributed by atoms with E-state index < -0.39 is 0 Å². The Morgan fingerprint density at radius 2 is 1.89 bits per heavy atom. The summed E-state index contributed by atoms with van der Waals surface area (Å²) in [5, 5.41) is 5.64. The summed E-state index contributed by atoms with van der Waals surface area (Å²) in [5.41, 5.74) is 2.50. The molecule has 0 amide bonds. The minimum atomic E-state index is 0.314. The molecule has 0 aliphatic heterocycles. The van der Waals surface area contributed by atoms with Gasteiger partial charge in [-0.05, 0) is 66.1 Å². The van der Waals surface area contributed by atoms with Crippen molar-refractivity contribution in [2.24, 2.45) is 0 Å². The zero-order chi connectivity index (χ0) is 13.8. The third-order valence-corrected chi connectivity index (χ3v) is 4.93. The lowest BCUT2D eigenvalue weighted by Gasteiger charge is -2.15. The Hall–Kier alpha value is -0.840. The highest BCUT2D eigenvalue weighted by Gasteiger charge is 2.10. The number of benzene rings is 1. The minimum absolute atomic E-state index is 0.314. The lowest BCUT2D eigenvalue weighted by molar-refractivity contribution is 0.402. The van der Waals surface area contributed by atoms with Crippen molar-refractivity contribution in [1.82, 2.24) is 4.90 Å². The summed E-state index contributed by atoms with van der Waals surface area (Å²) < 4.78 is 1.18. The quantitative estimate of drug-likeness (QED) is 0.846. The van der Waals surface area contributed by atoms with Crippen LogP contribution in [0.1, 0.15) is 23.4 Å². The molecule has 2 aromatic rings. The predicted molar refractivity (Wildman–Crippen MR) is 87.9 cm³/mol. The van der Waals surface area contributed by atoms with E-state index >= 15 is 0 Å². The topological polar surface area (TPSA) is 15.3 Å². The van der Waals surface area contributed by atoms with Gasteiger partial charge in [-0.15, -0.1) is 11.3 Å². The highest BCUT2D eigenvalue weighted by molar-refractivity contribution is 9.10. The molecule has 0 aliphatic rings. The van der Waals surface area contributed by atoms with E-state index in [1.165, 1.54) is 14.9 Å². The van der Waals surface area contributed by atoms with Gasteiger partial charge in [0.05, 0.1) is 6.04 Å². The summed E-state index contributed by atoms with van der Waals surface area (Å²) in [6, 6.07) is 11.1. The summed E-state index contributed by atoms with van der Waals surface area (Å²) in [4.78, 5) is 3.51. The second kappa shape index (κ2) is 6.55. The molecule has 0 spiro atoms. The van der Waals surface area contributed by atoms with Crippen LogP contribution in [0.15, 0.2) is 40.2 Å². The average Bonchev–Trinajstić information content (AvgIpc) is 2.77. The average molecular weight is 339 g/mol. The molecule has 1 atom stereocenters. The molecule has 0 fully saturated rings. The number of hydrogen-bond donors (Lipinski definition) is 1. The van der Waals surface area contributed by atoms with Crippen molar-refractivity contribution in [3.05, 3.63) is 50.6 Å². The Morgan fingerprint density at radius 3 is 2.42 bits per heavy atom. The highest BCUT2D eigenvalue weighted by Crippen LogP contribution is 2.31. The number of anilines is 1. The van der Waals surface area contributed by atoms with Crippen molar-refractivity contribution in [2.45, 2.75) is 19.5 Å². The molecule has 0 aliphatic carbocycles. The maximum atomic E-state index is 3.58. The molecule has 2 nitrogen and oxygen atoms in total. The fraction of sp³-hybridized carbons (Fsp3) is 0.333. The van der Waals surface area contributed by atoms with E-state index in [9.17, 15) is 0 Å². The molecule has 0 radical (unpaired) electrons. The van der Waals surface area contributed by atoms with Crippen LogP contribution in [0.3, 0.4) is 0 Å². The predicted octanol–water partition coefficient (Wildman–Crippen LogP) is 4.75. The van der Waals surface area contributed by atoms with Gasteiger partial charge in [-0.25, -0.2) is 0 Å². The van der Waals surface area contributed by atoms with Crippen LogP contribution < -0.4 is 5.32 Å². The molecule has 0 saturated carbocycles. The first kappa shape index (κ1) is 14.6. The van der Waals surface area contributed by atoms with E-state index in [1.807, 2.05) is 0 Å². The fourth-order valence-electron chi connectivity index (χ4n) is 2.00. The van der Waals surface area contributed by atoms with Crippen LogP contribution in [0.25, 0.3) is 0 Å². The van der Waals surface area contributed by atoms with Gasteiger partial charge in [0.25, 0.3) is 0 Å². The minimum Gasteiger partial charge on any atom is -0.378 e. The normalized spacial score (nSPS) is 12.7. The van der Waals surface area contributed by atoms with E-state index in [0.29, 0.717) is 6.04 Å². The molecule has 1 heterocycles. The molecule has 0 bridgehead atoms. The molecule has 1 unspecified atom stereocenters. The van der Waals surface area contributed by atoms with Crippen LogP contribution in [-0.4, -0.2) is 19.0 Å². The molecule has 19 heavy (non-hydrogen) atoms. The van der Waals surface area contributed by atoms with Gasteiger partial charge >= 0.3 is 0 Å². The lowest BCUT2D eigenvalue weighted by atomic mass is 10.2. The van der Waals surface area contributed by atoms with Gasteiger partial charge in [-0.3, -0.25) is 0 Å². The fourth-order valence-corrected chi connectivity index (χ4v) is 3.73. The summed E-state index contributed by atoms with van der Waals surface area (Å²) >= 11 is 5.36. The van der Waals surface area contributed by atoms with E-state index in [-0.39, 0.29) is 0 Å². The maximum Gasteiger partial charge on any atom is 0.0589 e. The van der Waals surface area contributed by atoms with Gasteiger partial charge in [-0.1, -0.05) is 12.1 Å². The first-order chi connectivity index (χ1) is 9.06. The molecule has 1 aromatic heterocycles. The number of nitrogens with one attached hydrogen (secondary N) is 1. The Balaban J connectivity index is 2.01. The molecule has 0 saturated heterocycles. The smallest absolute Gasteiger partial charge is 0.0589 e. The first-order valence-electron chi connectivity index (χ1n) is 6.29. The molecule has 1 aromatic carbocycles. The van der Waals surface area contributed by atoms with Crippen molar-refractivity contribution >= 4 is 33.0 Å². The Bertz CT molecular complexity index is 519. The lowest BCUT2D eigenvalue weighted by Crippen LogP contribution is -2.10. The monoisotopic (exact) mass is 338 g/mol. The summed E-state index contributed by atoms with van der Waals surface area (Å²) in [5.74, 6) is 0. The number of nitrogens with zero attached hydrogens (tertiary/aromatic N) is 1. The number of thiophene rings is 1. The third kappa shape index (κ3) is 4.06. The number of hydrogen-bond acceptors (Lipinski definition) is 3. The van der Waals surface area contributed by atoms with Gasteiger partial charge < -0.3 is 10.2 Å². The SMILES string of the molecule is CC(Nc1ccc(CN(C)C)cc1)c1sccc1Br. The van der Waals surface area contributed by atoms with Gasteiger partial charge in [0, 0.05) is 21.6 Å². The largest absolute Gasteiger partial charge is 0.378 e. The zero-order valence-electron chi connectivity index (χ0n) is 11.5. The van der Waals surface area contributed by atoms with Gasteiger partial charge in [0.1, 0.15) is 0 Å². The van der Waals surface area contributed by atoms with Gasteiger partial charge in [0.2, 0.25) is 0 Å². The second-order valence-electron chi connectivity index (χ2n) is 4.93. The van der Waals surface area contributed by atoms with Crippen molar-refractivity contribution < 1.29 is 0 Å². The second-order valence-corrected chi connectivity index (χ2v) is 6.74. The highest BCUT2D eigenvalue weighted by atomic mass is 79.9. The number of halogens is 1. The van der Waals surface area contributed by atoms with Crippen LogP contribution in [0.4, 0.5) is 5.69 Å². The van der Waals surface area contributed by atoms with Gasteiger partial charge in [-0.2, -0.15) is 0 Å². The van der Waals surface area contributed by atoms with E-state index in [0.717, 1.165) is 12.2 Å². The van der Waals surface area contributed by atoms with Crippen molar-refractivity contribution in [1.29, 1.82) is 0 Å². The van der Waals surface area contributed by atoms with Crippen LogP contribution in [-0.2, 0) is 6.54 Å². The van der Waals surface area contributed by atoms with Crippen LogP contribution in [0.5, 0.6) is 0 Å². The molecular weight excluding hydrogens is 320 g/mol. The Labute approximate surface area is 127 Å². The van der Waals surface area contributed by atoms with E-state index in [1.54, 1.807) is 11.3 Å². The standard InChI is InChI=1S/C15H19BrN2S/c1-11(15-14(16)8-9-19-15)17-13-6-4-12(5-7-13)10-18(2)3/h4-9,11,17H,10H2,1-3H3.